The van der Waals surface area contributed by atoms with Crippen LogP contribution >= 0.6 is 0 Å². The average molecular weight is 320 g/mol. The molecule has 2 aromatic carbocycles. The molecule has 0 aliphatic rings. The van der Waals surface area contributed by atoms with Crippen molar-refractivity contribution in [3.05, 3.63) is 53.6 Å². The van der Waals surface area contributed by atoms with Crippen LogP contribution in [0, 0.1) is 0 Å². The van der Waals surface area contributed by atoms with E-state index in [1.54, 1.807) is 12.1 Å². The number of aromatic hydroxyl groups is 2. The second kappa shape index (κ2) is 6.48. The van der Waals surface area contributed by atoms with Crippen molar-refractivity contribution in [2.75, 3.05) is 0 Å². The summed E-state index contributed by atoms with van der Waals surface area (Å²) in [5.74, 6) is -0.667. The van der Waals surface area contributed by atoms with Crippen LogP contribution in [-0.4, -0.2) is 24.8 Å². The second-order valence-electron chi connectivity index (χ2n) is 4.57. The fourth-order valence-electron chi connectivity index (χ4n) is 1.78. The molecule has 0 radical (unpaired) electrons. The maximum absolute atomic E-state index is 12.0. The summed E-state index contributed by atoms with van der Waals surface area (Å²) in [5.41, 5.74) is 1.23. The summed E-state index contributed by atoms with van der Waals surface area (Å²) in [5, 5.41) is 22.5. The number of phenols is 2. The zero-order chi connectivity index (χ0) is 16.2. The van der Waals surface area contributed by atoms with Gasteiger partial charge >= 0.3 is 0 Å². The zero-order valence-corrected chi connectivity index (χ0v) is 12.7. The third-order valence-corrected chi connectivity index (χ3v) is 4.30. The number of sulfonamides is 1. The van der Waals surface area contributed by atoms with Gasteiger partial charge in [-0.3, -0.25) is 0 Å². The maximum atomic E-state index is 12.0. The molecule has 0 unspecified atom stereocenters. The van der Waals surface area contributed by atoms with Crippen LogP contribution < -0.4 is 4.83 Å². The van der Waals surface area contributed by atoms with Crippen LogP contribution in [0.25, 0.3) is 0 Å². The molecule has 2 aromatic rings. The fraction of sp³-hybridized carbons (Fsp3) is 0.133. The van der Waals surface area contributed by atoms with Crippen LogP contribution in [0.15, 0.2) is 52.5 Å². The highest BCUT2D eigenvalue weighted by molar-refractivity contribution is 7.89. The summed E-state index contributed by atoms with van der Waals surface area (Å²) in [6.07, 6.45) is 1.94. The molecule has 0 spiro atoms. The summed E-state index contributed by atoms with van der Waals surface area (Å²) < 4.78 is 24.1. The Bertz CT molecular complexity index is 784. The van der Waals surface area contributed by atoms with Crippen LogP contribution in [0.5, 0.6) is 11.5 Å². The number of hydrogen-bond acceptors (Lipinski definition) is 5. The van der Waals surface area contributed by atoms with E-state index >= 15 is 0 Å². The number of benzene rings is 2. The summed E-state index contributed by atoms with van der Waals surface area (Å²) >= 11 is 0. The Labute approximate surface area is 128 Å². The summed E-state index contributed by atoms with van der Waals surface area (Å²) in [6, 6.07) is 10.8. The van der Waals surface area contributed by atoms with E-state index in [1.807, 2.05) is 6.92 Å². The van der Waals surface area contributed by atoms with Crippen LogP contribution in [-0.2, 0) is 16.4 Å². The summed E-state index contributed by atoms with van der Waals surface area (Å²) in [4.78, 5) is 2.16. The number of hydrogen-bond donors (Lipinski definition) is 3. The van der Waals surface area contributed by atoms with Crippen molar-refractivity contribution in [2.45, 2.75) is 18.2 Å². The Morgan fingerprint density at radius 1 is 1.14 bits per heavy atom. The molecule has 0 atom stereocenters. The molecular weight excluding hydrogens is 304 g/mol. The molecule has 0 saturated heterocycles. The number of hydrazone groups is 1. The fourth-order valence-corrected chi connectivity index (χ4v) is 2.57. The molecular formula is C15H16N2O4S. The molecule has 0 aromatic heterocycles. The maximum Gasteiger partial charge on any atom is 0.276 e. The van der Waals surface area contributed by atoms with Gasteiger partial charge in [-0.25, -0.2) is 4.83 Å². The molecule has 116 valence electrons. The van der Waals surface area contributed by atoms with E-state index in [4.69, 9.17) is 0 Å². The second-order valence-corrected chi connectivity index (χ2v) is 6.23. The van der Waals surface area contributed by atoms with Gasteiger partial charge in [-0.2, -0.15) is 13.5 Å². The minimum Gasteiger partial charge on any atom is -0.504 e. The minimum atomic E-state index is -3.77. The third kappa shape index (κ3) is 3.56. The number of nitrogens with zero attached hydrogens (tertiary/aromatic N) is 1. The molecule has 22 heavy (non-hydrogen) atoms. The molecule has 0 bridgehead atoms. The van der Waals surface area contributed by atoms with Crippen LogP contribution in [0.3, 0.4) is 0 Å². The predicted molar refractivity (Wildman–Crippen MR) is 83.5 cm³/mol. The van der Waals surface area contributed by atoms with Gasteiger partial charge in [-0.1, -0.05) is 25.1 Å². The first kappa shape index (κ1) is 15.8. The van der Waals surface area contributed by atoms with E-state index in [-0.39, 0.29) is 22.0 Å². The molecule has 0 amide bonds. The first-order valence-corrected chi connectivity index (χ1v) is 8.07. The van der Waals surface area contributed by atoms with Gasteiger partial charge in [0.15, 0.2) is 11.5 Å². The zero-order valence-electron chi connectivity index (χ0n) is 11.9. The van der Waals surface area contributed by atoms with E-state index in [0.717, 1.165) is 18.2 Å². The molecule has 3 N–H and O–H groups in total. The molecule has 0 aliphatic carbocycles. The highest BCUT2D eigenvalue weighted by Gasteiger charge is 2.12. The molecule has 0 fully saturated rings. The van der Waals surface area contributed by atoms with Crippen molar-refractivity contribution < 1.29 is 18.6 Å². The highest BCUT2D eigenvalue weighted by Crippen LogP contribution is 2.26. The van der Waals surface area contributed by atoms with E-state index in [1.165, 1.54) is 30.3 Å². The highest BCUT2D eigenvalue weighted by atomic mass is 32.2. The summed E-state index contributed by atoms with van der Waals surface area (Å²) in [7, 11) is -3.77. The van der Waals surface area contributed by atoms with E-state index in [0.29, 0.717) is 0 Å². The van der Waals surface area contributed by atoms with Crippen LogP contribution in [0.1, 0.15) is 18.1 Å². The van der Waals surface area contributed by atoms with Crippen molar-refractivity contribution in [3.8, 4) is 11.5 Å². The Hall–Kier alpha value is -2.54. The van der Waals surface area contributed by atoms with Gasteiger partial charge in [0.25, 0.3) is 10.0 Å². The molecule has 0 saturated carbocycles. The van der Waals surface area contributed by atoms with Crippen molar-refractivity contribution in [2.24, 2.45) is 5.10 Å². The lowest BCUT2D eigenvalue weighted by Gasteiger charge is -2.05. The molecule has 0 heterocycles. The minimum absolute atomic E-state index is 0.0991. The SMILES string of the molecule is CCc1ccc(S(=O)(=O)N/N=C/c2cccc(O)c2O)cc1. The monoisotopic (exact) mass is 320 g/mol. The Morgan fingerprint density at radius 3 is 2.45 bits per heavy atom. The molecule has 6 nitrogen and oxygen atoms in total. The van der Waals surface area contributed by atoms with Gasteiger partial charge in [0, 0.05) is 5.56 Å². The first-order valence-electron chi connectivity index (χ1n) is 6.59. The number of aryl methyl sites for hydroxylation is 1. The number of nitrogens with one attached hydrogen (secondary N) is 1. The lowest BCUT2D eigenvalue weighted by molar-refractivity contribution is 0.403. The van der Waals surface area contributed by atoms with E-state index in [9.17, 15) is 18.6 Å². The van der Waals surface area contributed by atoms with Gasteiger partial charge in [-0.15, -0.1) is 0 Å². The van der Waals surface area contributed by atoms with Crippen molar-refractivity contribution in [1.82, 2.24) is 4.83 Å². The van der Waals surface area contributed by atoms with E-state index < -0.39 is 10.0 Å². The number of rotatable bonds is 5. The van der Waals surface area contributed by atoms with Crippen LogP contribution in [0.4, 0.5) is 0 Å². The lowest BCUT2D eigenvalue weighted by atomic mass is 10.2. The van der Waals surface area contributed by atoms with Crippen molar-refractivity contribution in [3.63, 3.8) is 0 Å². The smallest absolute Gasteiger partial charge is 0.276 e. The van der Waals surface area contributed by atoms with Gasteiger partial charge < -0.3 is 10.2 Å². The molecule has 0 aliphatic heterocycles. The topological polar surface area (TPSA) is 99.0 Å². The van der Waals surface area contributed by atoms with Crippen LogP contribution in [0.2, 0.25) is 0 Å². The van der Waals surface area contributed by atoms with Gasteiger partial charge in [0.05, 0.1) is 11.1 Å². The molecule has 2 rings (SSSR count). The Balaban J connectivity index is 2.15. The predicted octanol–water partition coefficient (Wildman–Crippen LogP) is 1.97. The Kier molecular flexibility index (Phi) is 4.67. The van der Waals surface area contributed by atoms with Gasteiger partial charge in [0.2, 0.25) is 0 Å². The molecule has 7 heteroatoms. The van der Waals surface area contributed by atoms with Gasteiger partial charge in [0.1, 0.15) is 0 Å². The number of phenolic OH excluding ortho intramolecular Hbond substituents is 2. The first-order chi connectivity index (χ1) is 10.4. The van der Waals surface area contributed by atoms with Crippen molar-refractivity contribution >= 4 is 16.2 Å². The van der Waals surface area contributed by atoms with E-state index in [2.05, 4.69) is 9.93 Å². The standard InChI is InChI=1S/C15H16N2O4S/c1-2-11-6-8-13(9-7-11)22(20,21)17-16-10-12-4-3-5-14(18)15(12)19/h3-10,17-19H,2H2,1H3/b16-10+. The number of para-hydroxylation sites is 1. The quantitative estimate of drug-likeness (QED) is 0.445. The van der Waals surface area contributed by atoms with Crippen molar-refractivity contribution in [1.29, 1.82) is 0 Å². The average Bonchev–Trinajstić information content (AvgIpc) is 2.51. The normalized spacial score (nSPS) is 11.7. The Morgan fingerprint density at radius 2 is 1.82 bits per heavy atom. The summed E-state index contributed by atoms with van der Waals surface area (Å²) in [6.45, 7) is 1.98. The third-order valence-electron chi connectivity index (χ3n) is 3.06. The van der Waals surface area contributed by atoms with Gasteiger partial charge in [-0.05, 0) is 36.2 Å². The lowest BCUT2D eigenvalue weighted by Crippen LogP contribution is -2.18. The largest absolute Gasteiger partial charge is 0.504 e.